The molecule has 1 saturated carbocycles. The zero-order valence-electron chi connectivity index (χ0n) is 14.9. The summed E-state index contributed by atoms with van der Waals surface area (Å²) in [6, 6.07) is 18.3. The van der Waals surface area contributed by atoms with E-state index in [-0.39, 0.29) is 23.7 Å². The van der Waals surface area contributed by atoms with Crippen LogP contribution < -0.4 is 10.6 Å². The Bertz CT molecular complexity index is 964. The van der Waals surface area contributed by atoms with E-state index in [1.54, 1.807) is 18.4 Å². The van der Waals surface area contributed by atoms with Gasteiger partial charge in [0.15, 0.2) is 0 Å². The van der Waals surface area contributed by atoms with Gasteiger partial charge in [-0.05, 0) is 55.3 Å². The van der Waals surface area contributed by atoms with Crippen molar-refractivity contribution in [3.8, 4) is 0 Å². The van der Waals surface area contributed by atoms with Crippen LogP contribution in [-0.2, 0) is 4.79 Å². The predicted octanol–water partition coefficient (Wildman–Crippen LogP) is 4.58. The van der Waals surface area contributed by atoms with Crippen LogP contribution in [0.5, 0.6) is 0 Å². The molecule has 0 spiro atoms. The fraction of sp³-hybridized carbons (Fsp3) is 0.182. The maximum absolute atomic E-state index is 12.5. The Morgan fingerprint density at radius 1 is 0.926 bits per heavy atom. The zero-order chi connectivity index (χ0) is 18.8. The molecule has 1 aromatic heterocycles. The summed E-state index contributed by atoms with van der Waals surface area (Å²) in [6.07, 6.45) is 2.43. The number of hydrogen-bond donors (Lipinski definition) is 2. The number of furan rings is 1. The van der Waals surface area contributed by atoms with Crippen LogP contribution in [0.25, 0.3) is 0 Å². The highest BCUT2D eigenvalue weighted by Crippen LogP contribution is 2.48. The van der Waals surface area contributed by atoms with Gasteiger partial charge in [0.25, 0.3) is 5.91 Å². The minimum atomic E-state index is -0.178. The Balaban J connectivity index is 1.44. The lowest BCUT2D eigenvalue weighted by Crippen LogP contribution is -2.17. The molecule has 1 aliphatic rings. The lowest BCUT2D eigenvalue weighted by atomic mass is 10.1. The van der Waals surface area contributed by atoms with Crippen LogP contribution in [0.15, 0.2) is 71.3 Å². The number of nitrogens with one attached hydrogen (secondary N) is 2. The lowest BCUT2D eigenvalue weighted by Gasteiger charge is -2.13. The predicted molar refractivity (Wildman–Crippen MR) is 104 cm³/mol. The molecular weight excluding hydrogens is 340 g/mol. The second kappa shape index (κ2) is 7.11. The van der Waals surface area contributed by atoms with Crippen LogP contribution in [0.4, 0.5) is 11.4 Å². The van der Waals surface area contributed by atoms with Crippen molar-refractivity contribution in [1.82, 2.24) is 0 Å². The summed E-state index contributed by atoms with van der Waals surface area (Å²) in [5, 5.41) is 5.90. The van der Waals surface area contributed by atoms with E-state index in [9.17, 15) is 9.59 Å². The second-order valence-electron chi connectivity index (χ2n) is 6.75. The largest absolute Gasteiger partial charge is 0.469 e. The first-order valence-electron chi connectivity index (χ1n) is 8.94. The normalized spacial score (nSPS) is 18.0. The van der Waals surface area contributed by atoms with E-state index in [1.165, 1.54) is 0 Å². The molecule has 2 atom stereocenters. The average Bonchev–Trinajstić information content (AvgIpc) is 3.31. The summed E-state index contributed by atoms with van der Waals surface area (Å²) >= 11 is 0. The number of rotatable bonds is 5. The van der Waals surface area contributed by atoms with Gasteiger partial charge in [-0.25, -0.2) is 0 Å². The van der Waals surface area contributed by atoms with Crippen LogP contribution in [0.2, 0.25) is 0 Å². The quantitative estimate of drug-likeness (QED) is 0.699. The van der Waals surface area contributed by atoms with E-state index in [1.807, 2.05) is 55.5 Å². The van der Waals surface area contributed by atoms with Crippen LogP contribution in [0.1, 0.15) is 34.0 Å². The molecule has 136 valence electrons. The van der Waals surface area contributed by atoms with Gasteiger partial charge in [0, 0.05) is 28.8 Å². The molecule has 1 aliphatic carbocycles. The van der Waals surface area contributed by atoms with Crippen molar-refractivity contribution in [2.75, 3.05) is 10.6 Å². The molecule has 5 nitrogen and oxygen atoms in total. The third kappa shape index (κ3) is 3.62. The van der Waals surface area contributed by atoms with Crippen LogP contribution in [-0.4, -0.2) is 11.8 Å². The first-order chi connectivity index (χ1) is 13.1. The number of carbonyl (C=O) groups excluding carboxylic acids is 2. The molecule has 0 radical (unpaired) electrons. The minimum absolute atomic E-state index is 0.0222. The lowest BCUT2D eigenvalue weighted by molar-refractivity contribution is -0.117. The van der Waals surface area contributed by atoms with Gasteiger partial charge in [-0.1, -0.05) is 24.3 Å². The van der Waals surface area contributed by atoms with Crippen molar-refractivity contribution in [2.24, 2.45) is 5.92 Å². The SMILES string of the molecule is Cc1c(NC(=O)c2ccccc2)cccc1NC(=O)C1CC1c1ccco1. The maximum atomic E-state index is 12.5. The summed E-state index contributed by atoms with van der Waals surface area (Å²) < 4.78 is 5.39. The van der Waals surface area contributed by atoms with E-state index in [0.29, 0.717) is 16.9 Å². The third-order valence-electron chi connectivity index (χ3n) is 4.91. The Kier molecular flexibility index (Phi) is 4.50. The van der Waals surface area contributed by atoms with E-state index in [0.717, 1.165) is 17.7 Å². The highest BCUT2D eigenvalue weighted by Gasteiger charge is 2.45. The molecule has 0 aliphatic heterocycles. The van der Waals surface area contributed by atoms with Crippen molar-refractivity contribution < 1.29 is 14.0 Å². The number of benzene rings is 2. The minimum Gasteiger partial charge on any atom is -0.469 e. The highest BCUT2D eigenvalue weighted by molar-refractivity contribution is 6.05. The Hall–Kier alpha value is -3.34. The van der Waals surface area contributed by atoms with Crippen LogP contribution >= 0.6 is 0 Å². The molecule has 2 unspecified atom stereocenters. The van der Waals surface area contributed by atoms with Gasteiger partial charge in [0.2, 0.25) is 5.91 Å². The second-order valence-corrected chi connectivity index (χ2v) is 6.75. The van der Waals surface area contributed by atoms with Crippen molar-refractivity contribution >= 4 is 23.2 Å². The van der Waals surface area contributed by atoms with Gasteiger partial charge in [0.05, 0.1) is 6.26 Å². The fourth-order valence-corrected chi connectivity index (χ4v) is 3.22. The number of amides is 2. The summed E-state index contributed by atoms with van der Waals surface area (Å²) in [5.41, 5.74) is 2.80. The molecule has 0 bridgehead atoms. The van der Waals surface area contributed by atoms with E-state index in [2.05, 4.69) is 10.6 Å². The first kappa shape index (κ1) is 17.1. The van der Waals surface area contributed by atoms with Gasteiger partial charge in [0.1, 0.15) is 5.76 Å². The molecule has 1 heterocycles. The first-order valence-corrected chi connectivity index (χ1v) is 8.94. The molecule has 3 aromatic rings. The summed E-state index contributed by atoms with van der Waals surface area (Å²) in [5.74, 6) is 0.739. The van der Waals surface area contributed by atoms with Crippen LogP contribution in [0, 0.1) is 12.8 Å². The average molecular weight is 360 g/mol. The standard InChI is InChI=1S/C22H20N2O3/c1-14-18(23-21(25)15-7-3-2-4-8-15)9-5-10-19(14)24-22(26)17-13-16(17)20-11-6-12-27-20/h2-12,16-17H,13H2,1H3,(H,23,25)(H,24,26). The number of carbonyl (C=O) groups is 2. The van der Waals surface area contributed by atoms with Crippen molar-refractivity contribution in [3.63, 3.8) is 0 Å². The molecule has 5 heteroatoms. The Morgan fingerprint density at radius 2 is 1.67 bits per heavy atom. The van der Waals surface area contributed by atoms with E-state index < -0.39 is 0 Å². The van der Waals surface area contributed by atoms with E-state index >= 15 is 0 Å². The summed E-state index contributed by atoms with van der Waals surface area (Å²) in [4.78, 5) is 24.9. The van der Waals surface area contributed by atoms with Crippen molar-refractivity contribution in [1.29, 1.82) is 0 Å². The Morgan fingerprint density at radius 3 is 2.37 bits per heavy atom. The molecule has 1 fully saturated rings. The molecule has 27 heavy (non-hydrogen) atoms. The molecule has 4 rings (SSSR count). The third-order valence-corrected chi connectivity index (χ3v) is 4.91. The van der Waals surface area contributed by atoms with Gasteiger partial charge in [-0.2, -0.15) is 0 Å². The summed E-state index contributed by atoms with van der Waals surface area (Å²) in [7, 11) is 0. The smallest absolute Gasteiger partial charge is 0.255 e. The van der Waals surface area contributed by atoms with Crippen molar-refractivity contribution in [2.45, 2.75) is 19.3 Å². The molecule has 2 amide bonds. The molecule has 2 N–H and O–H groups in total. The van der Waals surface area contributed by atoms with Gasteiger partial charge < -0.3 is 15.1 Å². The van der Waals surface area contributed by atoms with Crippen LogP contribution in [0.3, 0.4) is 0 Å². The maximum Gasteiger partial charge on any atom is 0.255 e. The van der Waals surface area contributed by atoms with Gasteiger partial charge in [-0.3, -0.25) is 9.59 Å². The monoisotopic (exact) mass is 360 g/mol. The molecule has 0 saturated heterocycles. The zero-order valence-corrected chi connectivity index (χ0v) is 14.9. The van der Waals surface area contributed by atoms with Gasteiger partial charge >= 0.3 is 0 Å². The van der Waals surface area contributed by atoms with E-state index in [4.69, 9.17) is 4.42 Å². The molecular formula is C22H20N2O3. The number of anilines is 2. The highest BCUT2D eigenvalue weighted by atomic mass is 16.3. The molecule has 2 aromatic carbocycles. The Labute approximate surface area is 157 Å². The number of hydrogen-bond acceptors (Lipinski definition) is 3. The van der Waals surface area contributed by atoms with Gasteiger partial charge in [-0.15, -0.1) is 0 Å². The van der Waals surface area contributed by atoms with Crippen molar-refractivity contribution in [3.05, 3.63) is 83.8 Å². The topological polar surface area (TPSA) is 71.3 Å². The fourth-order valence-electron chi connectivity index (χ4n) is 3.22. The summed E-state index contributed by atoms with van der Waals surface area (Å²) in [6.45, 7) is 1.88.